The Hall–Kier alpha value is -2.81. The number of nitrogens with zero attached hydrogens (tertiary/aromatic N) is 2. The number of aromatic nitrogens is 2. The van der Waals surface area contributed by atoms with Gasteiger partial charge in [0, 0.05) is 6.07 Å². The first kappa shape index (κ1) is 14.1. The molecule has 6 nitrogen and oxygen atoms in total. The molecule has 1 aliphatic rings. The lowest BCUT2D eigenvalue weighted by molar-refractivity contribution is 0.0925. The van der Waals surface area contributed by atoms with Crippen LogP contribution < -0.4 is 10.1 Å². The highest BCUT2D eigenvalue weighted by molar-refractivity contribution is 5.93. The van der Waals surface area contributed by atoms with Gasteiger partial charge in [0.05, 0.1) is 23.8 Å². The van der Waals surface area contributed by atoms with Crippen LogP contribution in [-0.2, 0) is 5.54 Å². The van der Waals surface area contributed by atoms with Gasteiger partial charge in [-0.3, -0.25) is 9.89 Å². The zero-order chi connectivity index (χ0) is 15.6. The van der Waals surface area contributed by atoms with Crippen molar-refractivity contribution in [1.82, 2.24) is 15.5 Å². The number of hydrogen-bond donors (Lipinski definition) is 2. The molecule has 112 valence electrons. The zero-order valence-electron chi connectivity index (χ0n) is 12.2. The van der Waals surface area contributed by atoms with Gasteiger partial charge in [0.2, 0.25) is 5.88 Å². The molecule has 1 aromatic heterocycles. The minimum Gasteiger partial charge on any atom is -0.477 e. The van der Waals surface area contributed by atoms with Gasteiger partial charge in [0.25, 0.3) is 5.91 Å². The van der Waals surface area contributed by atoms with Crippen LogP contribution in [0.4, 0.5) is 0 Å². The summed E-state index contributed by atoms with van der Waals surface area (Å²) in [7, 11) is 0. The van der Waals surface area contributed by atoms with Crippen LogP contribution in [0.15, 0.2) is 30.3 Å². The van der Waals surface area contributed by atoms with E-state index in [-0.39, 0.29) is 11.4 Å². The Balaban J connectivity index is 1.76. The largest absolute Gasteiger partial charge is 0.477 e. The number of ether oxygens (including phenoxy) is 1. The van der Waals surface area contributed by atoms with E-state index in [1.807, 2.05) is 25.1 Å². The second kappa shape index (κ2) is 5.53. The summed E-state index contributed by atoms with van der Waals surface area (Å²) < 4.78 is 5.24. The first-order valence-corrected chi connectivity index (χ1v) is 7.18. The fourth-order valence-electron chi connectivity index (χ4n) is 2.42. The van der Waals surface area contributed by atoms with E-state index >= 15 is 0 Å². The van der Waals surface area contributed by atoms with Crippen molar-refractivity contribution in [3.63, 3.8) is 0 Å². The Morgan fingerprint density at radius 3 is 3.00 bits per heavy atom. The summed E-state index contributed by atoms with van der Waals surface area (Å²) >= 11 is 0. The first-order valence-electron chi connectivity index (χ1n) is 7.18. The van der Waals surface area contributed by atoms with E-state index < -0.39 is 0 Å². The summed E-state index contributed by atoms with van der Waals surface area (Å²) in [6, 6.07) is 11.1. The maximum Gasteiger partial charge on any atom is 0.270 e. The predicted octanol–water partition coefficient (Wildman–Crippen LogP) is 2.10. The van der Waals surface area contributed by atoms with Gasteiger partial charge in [-0.15, -0.1) is 5.10 Å². The summed E-state index contributed by atoms with van der Waals surface area (Å²) in [6.07, 6.45) is 1.72. The Morgan fingerprint density at radius 2 is 2.32 bits per heavy atom. The van der Waals surface area contributed by atoms with Gasteiger partial charge in [-0.05, 0) is 37.5 Å². The summed E-state index contributed by atoms with van der Waals surface area (Å²) in [5.41, 5.74) is 1.55. The lowest BCUT2D eigenvalue weighted by Gasteiger charge is -2.17. The lowest BCUT2D eigenvalue weighted by Crippen LogP contribution is -2.35. The number of hydrogen-bond acceptors (Lipinski definition) is 4. The number of amides is 1. The molecule has 2 aromatic rings. The number of nitriles is 1. The van der Waals surface area contributed by atoms with Crippen molar-refractivity contribution < 1.29 is 9.53 Å². The zero-order valence-corrected chi connectivity index (χ0v) is 12.2. The van der Waals surface area contributed by atoms with Gasteiger partial charge in [-0.25, -0.2) is 0 Å². The second-order valence-electron chi connectivity index (χ2n) is 5.28. The van der Waals surface area contributed by atoms with Gasteiger partial charge in [0.15, 0.2) is 0 Å². The van der Waals surface area contributed by atoms with Crippen molar-refractivity contribution in [3.8, 4) is 11.9 Å². The summed E-state index contributed by atoms with van der Waals surface area (Å²) in [5, 5.41) is 18.6. The van der Waals surface area contributed by atoms with Gasteiger partial charge in [-0.1, -0.05) is 12.1 Å². The van der Waals surface area contributed by atoms with E-state index in [1.54, 1.807) is 12.1 Å². The number of carbonyl (C=O) groups is 1. The van der Waals surface area contributed by atoms with Crippen LogP contribution in [0.3, 0.4) is 0 Å². The molecule has 0 radical (unpaired) electrons. The number of rotatable bonds is 5. The second-order valence-corrected chi connectivity index (χ2v) is 5.28. The Labute approximate surface area is 128 Å². The average Bonchev–Trinajstić information content (AvgIpc) is 3.17. The van der Waals surface area contributed by atoms with E-state index in [9.17, 15) is 4.79 Å². The molecular formula is C16H16N4O2. The van der Waals surface area contributed by atoms with E-state index in [2.05, 4.69) is 21.6 Å². The maximum absolute atomic E-state index is 12.3. The monoisotopic (exact) mass is 296 g/mol. The first-order chi connectivity index (χ1) is 10.7. The number of carbonyl (C=O) groups excluding carboxylic acids is 1. The highest BCUT2D eigenvalue weighted by Crippen LogP contribution is 2.45. The van der Waals surface area contributed by atoms with Crippen LogP contribution in [0.2, 0.25) is 0 Å². The average molecular weight is 296 g/mol. The molecule has 0 bridgehead atoms. The topological polar surface area (TPSA) is 90.8 Å². The van der Waals surface area contributed by atoms with Crippen molar-refractivity contribution in [2.24, 2.45) is 0 Å². The van der Waals surface area contributed by atoms with E-state index in [1.165, 1.54) is 0 Å². The predicted molar refractivity (Wildman–Crippen MR) is 79.3 cm³/mol. The quantitative estimate of drug-likeness (QED) is 0.884. The molecular weight excluding hydrogens is 280 g/mol. The van der Waals surface area contributed by atoms with E-state index in [0.29, 0.717) is 23.7 Å². The standard InChI is InChI=1S/C16H16N4O2/c1-2-22-14-9-13(19-20-14)15(21)18-16(6-7-16)12-5-3-4-11(8-12)10-17/h3-5,8-9H,2,6-7H2,1H3,(H,18,21)(H,19,20). The molecule has 1 heterocycles. The van der Waals surface area contributed by atoms with Crippen LogP contribution in [0, 0.1) is 11.3 Å². The number of aromatic amines is 1. The van der Waals surface area contributed by atoms with Gasteiger partial charge >= 0.3 is 0 Å². The third kappa shape index (κ3) is 2.66. The molecule has 3 rings (SSSR count). The van der Waals surface area contributed by atoms with Gasteiger partial charge in [-0.2, -0.15) is 5.26 Å². The summed E-state index contributed by atoms with van der Waals surface area (Å²) in [5.74, 6) is 0.183. The smallest absolute Gasteiger partial charge is 0.270 e. The minimum atomic E-state index is -0.374. The normalized spacial score (nSPS) is 14.9. The number of H-pyrrole nitrogens is 1. The molecule has 22 heavy (non-hydrogen) atoms. The van der Waals surface area contributed by atoms with E-state index in [0.717, 1.165) is 18.4 Å². The Morgan fingerprint density at radius 1 is 1.50 bits per heavy atom. The fourth-order valence-corrected chi connectivity index (χ4v) is 2.42. The van der Waals surface area contributed by atoms with Crippen molar-refractivity contribution in [1.29, 1.82) is 5.26 Å². The lowest BCUT2D eigenvalue weighted by atomic mass is 10.0. The highest BCUT2D eigenvalue weighted by atomic mass is 16.5. The molecule has 0 unspecified atom stereocenters. The molecule has 0 saturated heterocycles. The molecule has 1 fully saturated rings. The van der Waals surface area contributed by atoms with Gasteiger partial charge in [0.1, 0.15) is 5.69 Å². The molecule has 1 amide bonds. The van der Waals surface area contributed by atoms with E-state index in [4.69, 9.17) is 10.00 Å². The molecule has 1 aliphatic carbocycles. The SMILES string of the molecule is CCOc1cc(C(=O)NC2(c3cccc(C#N)c3)CC2)[nH]n1. The van der Waals surface area contributed by atoms with Crippen LogP contribution in [0.1, 0.15) is 41.4 Å². The maximum atomic E-state index is 12.3. The molecule has 0 atom stereocenters. The fraction of sp³-hybridized carbons (Fsp3) is 0.312. The Bertz CT molecular complexity index is 741. The molecule has 0 aliphatic heterocycles. The third-order valence-electron chi connectivity index (χ3n) is 3.74. The van der Waals surface area contributed by atoms with Crippen LogP contribution in [0.5, 0.6) is 5.88 Å². The molecule has 0 spiro atoms. The molecule has 2 N–H and O–H groups in total. The number of benzene rings is 1. The number of nitrogens with one attached hydrogen (secondary N) is 2. The van der Waals surface area contributed by atoms with Crippen LogP contribution in [0.25, 0.3) is 0 Å². The van der Waals surface area contributed by atoms with Crippen LogP contribution in [-0.4, -0.2) is 22.7 Å². The van der Waals surface area contributed by atoms with Crippen molar-refractivity contribution >= 4 is 5.91 Å². The molecule has 1 saturated carbocycles. The van der Waals surface area contributed by atoms with Crippen molar-refractivity contribution in [2.75, 3.05) is 6.61 Å². The summed E-state index contributed by atoms with van der Waals surface area (Å²) in [4.78, 5) is 12.3. The minimum absolute atomic E-state index is 0.224. The van der Waals surface area contributed by atoms with Crippen LogP contribution >= 0.6 is 0 Å². The third-order valence-corrected chi connectivity index (χ3v) is 3.74. The Kier molecular flexibility index (Phi) is 3.55. The summed E-state index contributed by atoms with van der Waals surface area (Å²) in [6.45, 7) is 2.35. The molecule has 6 heteroatoms. The van der Waals surface area contributed by atoms with Gasteiger partial charge < -0.3 is 10.1 Å². The molecule has 1 aromatic carbocycles. The highest BCUT2D eigenvalue weighted by Gasteiger charge is 2.46. The van der Waals surface area contributed by atoms with Crippen molar-refractivity contribution in [2.45, 2.75) is 25.3 Å². The van der Waals surface area contributed by atoms with Crippen molar-refractivity contribution in [3.05, 3.63) is 47.2 Å².